The number of nitrogens with two attached hydrogens (primary N) is 1. The summed E-state index contributed by atoms with van der Waals surface area (Å²) < 4.78 is 0. The molecule has 5 nitrogen and oxygen atoms in total. The van der Waals surface area contributed by atoms with Gasteiger partial charge in [-0.15, -0.1) is 0 Å². The Labute approximate surface area is 104 Å². The summed E-state index contributed by atoms with van der Waals surface area (Å²) in [7, 11) is 0. The van der Waals surface area contributed by atoms with Gasteiger partial charge < -0.3 is 16.3 Å². The second kappa shape index (κ2) is 5.67. The molecule has 1 aromatic rings. The predicted molar refractivity (Wildman–Crippen MR) is 68.2 cm³/mol. The maximum Gasteiger partial charge on any atom is 0.233 e. The first-order valence-corrected chi connectivity index (χ1v) is 6.20. The maximum absolute atomic E-state index is 11.8. The zero-order valence-corrected chi connectivity index (χ0v) is 10.8. The number of rotatable bonds is 5. The maximum atomic E-state index is 11.8. The van der Waals surface area contributed by atoms with Gasteiger partial charge in [-0.3, -0.25) is 4.79 Å². The Morgan fingerprint density at radius 2 is 2.35 bits per heavy atom. The van der Waals surface area contributed by atoms with Crippen molar-refractivity contribution in [3.05, 3.63) is 22.4 Å². The van der Waals surface area contributed by atoms with Gasteiger partial charge in [-0.2, -0.15) is 11.3 Å². The summed E-state index contributed by atoms with van der Waals surface area (Å²) in [4.78, 5) is 11.8. The number of carbonyl (C=O) groups excluding carboxylic acids is 1. The fourth-order valence-electron chi connectivity index (χ4n) is 1.22. The Morgan fingerprint density at radius 3 is 2.88 bits per heavy atom. The van der Waals surface area contributed by atoms with Crippen LogP contribution in [-0.2, 0) is 11.2 Å². The van der Waals surface area contributed by atoms with Gasteiger partial charge in [-0.1, -0.05) is 5.16 Å². The van der Waals surface area contributed by atoms with E-state index >= 15 is 0 Å². The van der Waals surface area contributed by atoms with E-state index < -0.39 is 5.41 Å². The van der Waals surface area contributed by atoms with Gasteiger partial charge in [0.2, 0.25) is 5.91 Å². The third-order valence-corrected chi connectivity index (χ3v) is 3.33. The number of nitrogens with zero attached hydrogens (tertiary/aromatic N) is 1. The van der Waals surface area contributed by atoms with Crippen LogP contribution >= 0.6 is 11.3 Å². The normalized spacial score (nSPS) is 12.5. The molecule has 0 unspecified atom stereocenters. The molecule has 0 radical (unpaired) electrons. The minimum atomic E-state index is -0.997. The molecule has 0 saturated heterocycles. The molecule has 0 aliphatic carbocycles. The Bertz CT molecular complexity index is 399. The van der Waals surface area contributed by atoms with E-state index in [2.05, 4.69) is 10.5 Å². The Hall–Kier alpha value is -1.56. The van der Waals surface area contributed by atoms with E-state index in [-0.39, 0.29) is 11.7 Å². The standard InChI is InChI=1S/C11H17N3O2S/c1-11(2,9(12)14-16)10(15)13-5-3-8-4-6-17-7-8/h4,6-7,16H,3,5H2,1-2H3,(H2,12,14)(H,13,15). The van der Waals surface area contributed by atoms with Crippen molar-refractivity contribution >= 4 is 23.1 Å². The first-order chi connectivity index (χ1) is 7.98. The molecule has 0 aliphatic heterocycles. The molecule has 0 atom stereocenters. The quantitative estimate of drug-likeness (QED) is 0.319. The van der Waals surface area contributed by atoms with Crippen LogP contribution in [0.3, 0.4) is 0 Å². The summed E-state index contributed by atoms with van der Waals surface area (Å²) in [6.45, 7) is 3.77. The number of amides is 1. The molecule has 4 N–H and O–H groups in total. The lowest BCUT2D eigenvalue weighted by atomic mass is 9.91. The minimum absolute atomic E-state index is 0.0921. The van der Waals surface area contributed by atoms with Crippen molar-refractivity contribution < 1.29 is 10.0 Å². The van der Waals surface area contributed by atoms with E-state index in [0.717, 1.165) is 6.42 Å². The summed E-state index contributed by atoms with van der Waals surface area (Å²) in [5, 5.41) is 18.3. The summed E-state index contributed by atoms with van der Waals surface area (Å²) in [6.07, 6.45) is 0.779. The third kappa shape index (κ3) is 3.45. The smallest absolute Gasteiger partial charge is 0.233 e. The van der Waals surface area contributed by atoms with Crippen LogP contribution in [0.2, 0.25) is 0 Å². The van der Waals surface area contributed by atoms with Gasteiger partial charge in [0.1, 0.15) is 5.41 Å². The molecule has 0 saturated carbocycles. The number of hydrogen-bond acceptors (Lipinski definition) is 4. The molecule has 0 bridgehead atoms. The summed E-state index contributed by atoms with van der Waals surface area (Å²) in [5.41, 5.74) is 5.65. The molecule has 1 aromatic heterocycles. The molecule has 1 amide bonds. The Balaban J connectivity index is 2.44. The van der Waals surface area contributed by atoms with Crippen LogP contribution in [0.25, 0.3) is 0 Å². The van der Waals surface area contributed by atoms with Crippen LogP contribution in [0.15, 0.2) is 22.0 Å². The largest absolute Gasteiger partial charge is 0.409 e. The minimum Gasteiger partial charge on any atom is -0.409 e. The average molecular weight is 255 g/mol. The molecule has 1 rings (SSSR count). The van der Waals surface area contributed by atoms with E-state index in [1.807, 2.05) is 16.8 Å². The molecule has 6 heteroatoms. The van der Waals surface area contributed by atoms with Crippen LogP contribution in [0.1, 0.15) is 19.4 Å². The molecular formula is C11H17N3O2S. The molecule has 1 heterocycles. The summed E-state index contributed by atoms with van der Waals surface area (Å²) >= 11 is 1.63. The fourth-order valence-corrected chi connectivity index (χ4v) is 1.92. The van der Waals surface area contributed by atoms with E-state index in [9.17, 15) is 4.79 Å². The zero-order chi connectivity index (χ0) is 12.9. The fraction of sp³-hybridized carbons (Fsp3) is 0.455. The Kier molecular flexibility index (Phi) is 4.51. The summed E-state index contributed by atoms with van der Waals surface area (Å²) in [6, 6.07) is 2.02. The molecule has 0 fully saturated rings. The van der Waals surface area contributed by atoms with Crippen molar-refractivity contribution in [3.8, 4) is 0 Å². The van der Waals surface area contributed by atoms with E-state index in [1.165, 1.54) is 5.56 Å². The second-order valence-corrected chi connectivity index (χ2v) is 5.03. The van der Waals surface area contributed by atoms with Crippen molar-refractivity contribution in [1.29, 1.82) is 0 Å². The molecular weight excluding hydrogens is 238 g/mol. The first kappa shape index (κ1) is 13.5. The summed E-state index contributed by atoms with van der Waals surface area (Å²) in [5.74, 6) is -0.339. The monoisotopic (exact) mass is 255 g/mol. The average Bonchev–Trinajstić information content (AvgIpc) is 2.80. The van der Waals surface area contributed by atoms with Crippen molar-refractivity contribution in [2.24, 2.45) is 16.3 Å². The van der Waals surface area contributed by atoms with Crippen molar-refractivity contribution in [2.45, 2.75) is 20.3 Å². The van der Waals surface area contributed by atoms with Gasteiger partial charge in [0.25, 0.3) is 0 Å². The number of thiophene rings is 1. The highest BCUT2D eigenvalue weighted by atomic mass is 32.1. The zero-order valence-electron chi connectivity index (χ0n) is 9.93. The van der Waals surface area contributed by atoms with Gasteiger partial charge >= 0.3 is 0 Å². The number of amidine groups is 1. The molecule has 0 spiro atoms. The lowest BCUT2D eigenvalue weighted by Crippen LogP contribution is -2.46. The number of oxime groups is 1. The van der Waals surface area contributed by atoms with Crippen LogP contribution < -0.4 is 11.1 Å². The SMILES string of the molecule is CC(C)(C(=O)NCCc1ccsc1)C(N)=NO. The molecule has 0 aromatic carbocycles. The molecule has 0 aliphatic rings. The van der Waals surface area contributed by atoms with Gasteiger partial charge in [0, 0.05) is 6.54 Å². The van der Waals surface area contributed by atoms with Gasteiger partial charge in [-0.25, -0.2) is 0 Å². The lowest BCUT2D eigenvalue weighted by molar-refractivity contribution is -0.126. The van der Waals surface area contributed by atoms with Crippen LogP contribution in [0.5, 0.6) is 0 Å². The second-order valence-electron chi connectivity index (χ2n) is 4.25. The van der Waals surface area contributed by atoms with E-state index in [0.29, 0.717) is 6.54 Å². The van der Waals surface area contributed by atoms with Crippen molar-refractivity contribution in [3.63, 3.8) is 0 Å². The number of carbonyl (C=O) groups is 1. The third-order valence-electron chi connectivity index (χ3n) is 2.60. The molecule has 94 valence electrons. The molecule has 17 heavy (non-hydrogen) atoms. The van der Waals surface area contributed by atoms with Crippen molar-refractivity contribution in [2.75, 3.05) is 6.54 Å². The highest BCUT2D eigenvalue weighted by molar-refractivity contribution is 7.07. The van der Waals surface area contributed by atoms with Gasteiger partial charge in [0.05, 0.1) is 0 Å². The van der Waals surface area contributed by atoms with E-state index in [1.54, 1.807) is 25.2 Å². The van der Waals surface area contributed by atoms with Crippen molar-refractivity contribution in [1.82, 2.24) is 5.32 Å². The topological polar surface area (TPSA) is 87.7 Å². The lowest BCUT2D eigenvalue weighted by Gasteiger charge is -2.21. The number of nitrogens with one attached hydrogen (secondary N) is 1. The van der Waals surface area contributed by atoms with Gasteiger partial charge in [0.15, 0.2) is 5.84 Å². The number of hydrogen-bond donors (Lipinski definition) is 3. The highest BCUT2D eigenvalue weighted by Gasteiger charge is 2.32. The predicted octanol–water partition coefficient (Wildman–Crippen LogP) is 1.18. The Morgan fingerprint density at radius 1 is 1.65 bits per heavy atom. The van der Waals surface area contributed by atoms with Crippen LogP contribution in [0.4, 0.5) is 0 Å². The van der Waals surface area contributed by atoms with E-state index in [4.69, 9.17) is 10.9 Å². The first-order valence-electron chi connectivity index (χ1n) is 5.26. The van der Waals surface area contributed by atoms with Crippen LogP contribution in [-0.4, -0.2) is 23.5 Å². The van der Waals surface area contributed by atoms with Gasteiger partial charge in [-0.05, 0) is 42.7 Å². The highest BCUT2D eigenvalue weighted by Crippen LogP contribution is 2.15. The van der Waals surface area contributed by atoms with Crippen LogP contribution in [0, 0.1) is 5.41 Å².